The Morgan fingerprint density at radius 2 is 2.10 bits per heavy atom. The standard InChI is InChI=1S/C14H15N3O3S/c1-4-20-13(18)7-16-14(19)11-6-12-10(5-8(2)21-12)17(11)9(3)15-16/h5-6H,4,7H2,1-3H3. The molecule has 3 aromatic rings. The number of fused-ring (bicyclic) bond motifs is 3. The van der Waals surface area contributed by atoms with Crippen LogP contribution >= 0.6 is 11.3 Å². The third kappa shape index (κ3) is 2.23. The Kier molecular flexibility index (Phi) is 3.29. The van der Waals surface area contributed by atoms with Crippen molar-refractivity contribution in [2.45, 2.75) is 27.3 Å². The summed E-state index contributed by atoms with van der Waals surface area (Å²) in [6, 6.07) is 3.89. The summed E-state index contributed by atoms with van der Waals surface area (Å²) in [5.74, 6) is 0.210. The average molecular weight is 305 g/mol. The summed E-state index contributed by atoms with van der Waals surface area (Å²) < 4.78 is 8.92. The normalized spacial score (nSPS) is 11.4. The molecule has 3 rings (SSSR count). The van der Waals surface area contributed by atoms with Crippen molar-refractivity contribution >= 4 is 33.0 Å². The Morgan fingerprint density at radius 3 is 2.81 bits per heavy atom. The monoisotopic (exact) mass is 305 g/mol. The Labute approximate surface area is 124 Å². The number of thiophene rings is 1. The first-order valence-electron chi connectivity index (χ1n) is 6.66. The summed E-state index contributed by atoms with van der Waals surface area (Å²) in [6.07, 6.45) is 0. The maximum Gasteiger partial charge on any atom is 0.327 e. The molecule has 0 aliphatic rings. The largest absolute Gasteiger partial charge is 0.465 e. The molecule has 3 aromatic heterocycles. The second kappa shape index (κ2) is 5.00. The van der Waals surface area contributed by atoms with E-state index in [1.54, 1.807) is 18.3 Å². The van der Waals surface area contributed by atoms with Gasteiger partial charge in [0.1, 0.15) is 17.9 Å². The van der Waals surface area contributed by atoms with Crippen LogP contribution in [0.25, 0.3) is 15.7 Å². The van der Waals surface area contributed by atoms with Crippen molar-refractivity contribution in [3.63, 3.8) is 0 Å². The summed E-state index contributed by atoms with van der Waals surface area (Å²) in [7, 11) is 0. The van der Waals surface area contributed by atoms with Gasteiger partial charge in [-0.05, 0) is 32.9 Å². The molecule has 21 heavy (non-hydrogen) atoms. The van der Waals surface area contributed by atoms with E-state index in [-0.39, 0.29) is 18.7 Å². The van der Waals surface area contributed by atoms with E-state index in [2.05, 4.69) is 5.10 Å². The number of aromatic nitrogens is 3. The molecule has 0 fully saturated rings. The number of aryl methyl sites for hydroxylation is 2. The van der Waals surface area contributed by atoms with Crippen LogP contribution in [0.1, 0.15) is 17.6 Å². The van der Waals surface area contributed by atoms with Gasteiger partial charge < -0.3 is 4.74 Å². The zero-order valence-corrected chi connectivity index (χ0v) is 12.9. The second-order valence-corrected chi connectivity index (χ2v) is 6.07. The molecule has 0 atom stereocenters. The molecule has 7 heteroatoms. The lowest BCUT2D eigenvalue weighted by molar-refractivity contribution is -0.144. The van der Waals surface area contributed by atoms with E-state index >= 15 is 0 Å². The van der Waals surface area contributed by atoms with Gasteiger partial charge in [0, 0.05) is 4.88 Å². The summed E-state index contributed by atoms with van der Waals surface area (Å²) in [5.41, 5.74) is 1.24. The fourth-order valence-corrected chi connectivity index (χ4v) is 3.40. The predicted octanol–water partition coefficient (Wildman–Crippen LogP) is 1.89. The van der Waals surface area contributed by atoms with Gasteiger partial charge in [-0.2, -0.15) is 5.10 Å². The zero-order valence-electron chi connectivity index (χ0n) is 12.0. The molecule has 0 N–H and O–H groups in total. The minimum Gasteiger partial charge on any atom is -0.465 e. The van der Waals surface area contributed by atoms with E-state index in [0.29, 0.717) is 11.3 Å². The summed E-state index contributed by atoms with van der Waals surface area (Å²) in [4.78, 5) is 25.2. The van der Waals surface area contributed by atoms with Gasteiger partial charge >= 0.3 is 5.97 Å². The molecular weight excluding hydrogens is 290 g/mol. The lowest BCUT2D eigenvalue weighted by atomic mass is 10.4. The van der Waals surface area contributed by atoms with Crippen LogP contribution in [0.4, 0.5) is 0 Å². The van der Waals surface area contributed by atoms with Crippen LogP contribution in [0, 0.1) is 13.8 Å². The van der Waals surface area contributed by atoms with Gasteiger partial charge in [0.2, 0.25) is 0 Å². The molecule has 110 valence electrons. The molecule has 0 saturated heterocycles. The molecule has 0 spiro atoms. The first kappa shape index (κ1) is 13.8. The maximum atomic E-state index is 12.4. The van der Waals surface area contributed by atoms with Gasteiger partial charge in [-0.3, -0.25) is 14.0 Å². The molecule has 6 nitrogen and oxygen atoms in total. The van der Waals surface area contributed by atoms with Gasteiger partial charge in [0.15, 0.2) is 0 Å². The number of esters is 1. The van der Waals surface area contributed by atoms with Crippen LogP contribution in [-0.2, 0) is 16.1 Å². The highest BCUT2D eigenvalue weighted by Crippen LogP contribution is 2.27. The van der Waals surface area contributed by atoms with Crippen molar-refractivity contribution in [3.8, 4) is 0 Å². The SMILES string of the molecule is CCOC(=O)Cn1nc(C)n2c(cc3sc(C)cc32)c1=O. The first-order valence-corrected chi connectivity index (χ1v) is 7.48. The van der Waals surface area contributed by atoms with Gasteiger partial charge in [-0.15, -0.1) is 11.3 Å². The number of carbonyl (C=O) groups excluding carboxylic acids is 1. The lowest BCUT2D eigenvalue weighted by Gasteiger charge is -2.07. The number of hydrogen-bond acceptors (Lipinski definition) is 5. The predicted molar refractivity (Wildman–Crippen MR) is 80.9 cm³/mol. The van der Waals surface area contributed by atoms with Crippen molar-refractivity contribution < 1.29 is 9.53 Å². The van der Waals surface area contributed by atoms with E-state index in [1.807, 2.05) is 30.4 Å². The molecule has 0 amide bonds. The van der Waals surface area contributed by atoms with Crippen molar-refractivity contribution in [2.75, 3.05) is 6.61 Å². The number of rotatable bonds is 3. The number of hydrogen-bond donors (Lipinski definition) is 0. The van der Waals surface area contributed by atoms with Crippen LogP contribution in [0.5, 0.6) is 0 Å². The van der Waals surface area contributed by atoms with Crippen molar-refractivity contribution in [2.24, 2.45) is 0 Å². The third-order valence-corrected chi connectivity index (χ3v) is 4.23. The fraction of sp³-hybridized carbons (Fsp3) is 0.357. The summed E-state index contributed by atoms with van der Waals surface area (Å²) in [6.45, 7) is 5.70. The van der Waals surface area contributed by atoms with Gasteiger partial charge in [0.05, 0.1) is 16.8 Å². The number of ether oxygens (including phenoxy) is 1. The van der Waals surface area contributed by atoms with Gasteiger partial charge in [-0.25, -0.2) is 4.68 Å². The van der Waals surface area contributed by atoms with Crippen LogP contribution < -0.4 is 5.56 Å². The minimum absolute atomic E-state index is 0.165. The topological polar surface area (TPSA) is 65.6 Å². The van der Waals surface area contributed by atoms with Crippen molar-refractivity contribution in [1.82, 2.24) is 14.2 Å². The van der Waals surface area contributed by atoms with Crippen LogP contribution in [0.3, 0.4) is 0 Å². The van der Waals surface area contributed by atoms with E-state index in [1.165, 1.54) is 9.56 Å². The van der Waals surface area contributed by atoms with Crippen LogP contribution in [0.15, 0.2) is 16.9 Å². The number of nitrogens with zero attached hydrogens (tertiary/aromatic N) is 3. The molecule has 0 unspecified atom stereocenters. The van der Waals surface area contributed by atoms with E-state index < -0.39 is 5.97 Å². The summed E-state index contributed by atoms with van der Waals surface area (Å²) in [5, 5.41) is 4.23. The smallest absolute Gasteiger partial charge is 0.327 e. The molecule has 0 aromatic carbocycles. The van der Waals surface area contributed by atoms with E-state index in [4.69, 9.17) is 4.74 Å². The zero-order chi connectivity index (χ0) is 15.1. The van der Waals surface area contributed by atoms with Crippen LogP contribution in [-0.4, -0.2) is 26.8 Å². The van der Waals surface area contributed by atoms with Crippen molar-refractivity contribution in [3.05, 3.63) is 33.2 Å². The minimum atomic E-state index is -0.458. The molecule has 0 saturated carbocycles. The molecule has 0 bridgehead atoms. The number of carbonyl (C=O) groups is 1. The molecule has 0 aliphatic carbocycles. The Morgan fingerprint density at radius 1 is 1.33 bits per heavy atom. The lowest BCUT2D eigenvalue weighted by Crippen LogP contribution is -2.30. The Hall–Kier alpha value is -2.15. The van der Waals surface area contributed by atoms with Gasteiger partial charge in [-0.1, -0.05) is 0 Å². The third-order valence-electron chi connectivity index (χ3n) is 3.24. The highest BCUT2D eigenvalue weighted by Gasteiger charge is 2.15. The highest BCUT2D eigenvalue weighted by molar-refractivity contribution is 7.19. The van der Waals surface area contributed by atoms with Crippen LogP contribution in [0.2, 0.25) is 0 Å². The maximum absolute atomic E-state index is 12.4. The van der Waals surface area contributed by atoms with E-state index in [9.17, 15) is 9.59 Å². The highest BCUT2D eigenvalue weighted by atomic mass is 32.1. The molecule has 0 aliphatic heterocycles. The molecule has 0 radical (unpaired) electrons. The fourth-order valence-electron chi connectivity index (χ4n) is 2.45. The Bertz CT molecular complexity index is 904. The van der Waals surface area contributed by atoms with Crippen molar-refractivity contribution in [1.29, 1.82) is 0 Å². The Balaban J connectivity index is 2.19. The second-order valence-electron chi connectivity index (χ2n) is 4.79. The molecular formula is C14H15N3O3S. The summed E-state index contributed by atoms with van der Waals surface area (Å²) >= 11 is 1.63. The first-order chi connectivity index (χ1) is 10.0. The average Bonchev–Trinajstić information content (AvgIpc) is 2.91. The van der Waals surface area contributed by atoms with E-state index in [0.717, 1.165) is 10.2 Å². The molecule has 3 heterocycles. The van der Waals surface area contributed by atoms with Gasteiger partial charge in [0.25, 0.3) is 5.56 Å². The quantitative estimate of drug-likeness (QED) is 0.693.